The minimum absolute atomic E-state index is 0.150. The molecule has 3 aromatic carbocycles. The first kappa shape index (κ1) is 26.5. The minimum atomic E-state index is -0.567. The van der Waals surface area contributed by atoms with Gasteiger partial charge in [-0.1, -0.05) is 87.4 Å². The molecule has 1 atom stereocenters. The van der Waals surface area contributed by atoms with Crippen LogP contribution in [0.25, 0.3) is 0 Å². The molecule has 0 aliphatic heterocycles. The van der Waals surface area contributed by atoms with Crippen molar-refractivity contribution in [3.8, 4) is 11.5 Å². The largest absolute Gasteiger partial charge is 0.423 e. The maximum absolute atomic E-state index is 12.7. The van der Waals surface area contributed by atoms with Gasteiger partial charge in [-0.05, 0) is 61.2 Å². The number of hydrogen-bond donors (Lipinski definition) is 0. The van der Waals surface area contributed by atoms with Crippen molar-refractivity contribution >= 4 is 23.5 Å². The summed E-state index contributed by atoms with van der Waals surface area (Å²) in [5.74, 6) is 0.116. The molecule has 0 heterocycles. The quantitative estimate of drug-likeness (QED) is 0.153. The normalized spacial score (nSPS) is 11.7. The van der Waals surface area contributed by atoms with E-state index in [2.05, 4.69) is 13.8 Å². The Bertz CT molecular complexity index is 1120. The van der Waals surface area contributed by atoms with E-state index in [0.29, 0.717) is 17.2 Å². The van der Waals surface area contributed by atoms with Crippen molar-refractivity contribution in [2.45, 2.75) is 65.2 Å². The maximum Gasteiger partial charge on any atom is 0.345 e. The lowest BCUT2D eigenvalue weighted by molar-refractivity contribution is 0.0730. The van der Waals surface area contributed by atoms with Crippen molar-refractivity contribution in [2.24, 2.45) is 0 Å². The number of esters is 2. The third-order valence-electron chi connectivity index (χ3n) is 6.06. The van der Waals surface area contributed by atoms with E-state index in [0.717, 1.165) is 12.0 Å². The summed E-state index contributed by atoms with van der Waals surface area (Å²) in [4.78, 5) is 25.0. The van der Waals surface area contributed by atoms with Crippen molar-refractivity contribution in [1.29, 1.82) is 0 Å². The monoisotopic (exact) mass is 492 g/mol. The van der Waals surface area contributed by atoms with Gasteiger partial charge < -0.3 is 9.47 Å². The van der Waals surface area contributed by atoms with Crippen molar-refractivity contribution in [2.75, 3.05) is 0 Å². The summed E-state index contributed by atoms with van der Waals surface area (Å²) in [5, 5.41) is 0.150. The van der Waals surface area contributed by atoms with Crippen LogP contribution in [0.3, 0.4) is 0 Å². The Balaban J connectivity index is 1.55. The predicted molar refractivity (Wildman–Crippen MR) is 141 cm³/mol. The molecule has 0 N–H and O–H groups in total. The highest BCUT2D eigenvalue weighted by Crippen LogP contribution is 2.27. The molecule has 1 unspecified atom stereocenters. The highest BCUT2D eigenvalue weighted by molar-refractivity contribution is 6.33. The molecule has 0 saturated carbocycles. The van der Waals surface area contributed by atoms with Crippen molar-refractivity contribution in [1.82, 2.24) is 0 Å². The van der Waals surface area contributed by atoms with Crippen LogP contribution < -0.4 is 9.47 Å². The highest BCUT2D eigenvalue weighted by Gasteiger charge is 2.16. The van der Waals surface area contributed by atoms with Gasteiger partial charge in [0, 0.05) is 6.07 Å². The fourth-order valence-corrected chi connectivity index (χ4v) is 4.08. The van der Waals surface area contributed by atoms with Gasteiger partial charge >= 0.3 is 11.9 Å². The third-order valence-corrected chi connectivity index (χ3v) is 6.37. The van der Waals surface area contributed by atoms with Crippen LogP contribution in [0.5, 0.6) is 11.5 Å². The number of aryl methyl sites for hydroxylation is 1. The van der Waals surface area contributed by atoms with E-state index < -0.39 is 11.9 Å². The summed E-state index contributed by atoms with van der Waals surface area (Å²) in [5.41, 5.74) is 2.92. The summed E-state index contributed by atoms with van der Waals surface area (Å²) in [6.45, 7) is 6.40. The molecular formula is C30H33ClO4. The number of hydrogen-bond acceptors (Lipinski definition) is 4. The van der Waals surface area contributed by atoms with Gasteiger partial charge in [-0.25, -0.2) is 9.59 Å². The number of carbonyl (C=O) groups excluding carboxylic acids is 2. The first-order valence-electron chi connectivity index (χ1n) is 12.3. The van der Waals surface area contributed by atoms with Crippen LogP contribution in [0.2, 0.25) is 5.02 Å². The molecule has 3 rings (SSSR count). The first-order chi connectivity index (χ1) is 16.9. The first-order valence-corrected chi connectivity index (χ1v) is 12.7. The fraction of sp³-hybridized carbons (Fsp3) is 0.333. The van der Waals surface area contributed by atoms with Crippen LogP contribution in [-0.2, 0) is 0 Å². The van der Waals surface area contributed by atoms with Gasteiger partial charge in [0.15, 0.2) is 0 Å². The molecule has 5 heteroatoms. The zero-order valence-electron chi connectivity index (χ0n) is 20.7. The van der Waals surface area contributed by atoms with Gasteiger partial charge in [0.25, 0.3) is 0 Å². The zero-order chi connectivity index (χ0) is 25.2. The summed E-state index contributed by atoms with van der Waals surface area (Å²) in [6, 6.07) is 19.2. The summed E-state index contributed by atoms with van der Waals surface area (Å²) in [6.07, 6.45) is 7.52. The topological polar surface area (TPSA) is 52.6 Å². The minimum Gasteiger partial charge on any atom is -0.423 e. The van der Waals surface area contributed by atoms with Gasteiger partial charge in [0.05, 0.1) is 16.1 Å². The van der Waals surface area contributed by atoms with Crippen molar-refractivity contribution < 1.29 is 19.1 Å². The van der Waals surface area contributed by atoms with E-state index in [-0.39, 0.29) is 16.3 Å². The second-order valence-electron chi connectivity index (χ2n) is 8.96. The van der Waals surface area contributed by atoms with Gasteiger partial charge in [-0.3, -0.25) is 0 Å². The predicted octanol–water partition coefficient (Wildman–Crippen LogP) is 8.55. The molecule has 35 heavy (non-hydrogen) atoms. The highest BCUT2D eigenvalue weighted by atomic mass is 35.5. The smallest absolute Gasteiger partial charge is 0.345 e. The van der Waals surface area contributed by atoms with Crippen LogP contribution in [-0.4, -0.2) is 11.9 Å². The molecule has 0 fully saturated rings. The van der Waals surface area contributed by atoms with E-state index in [4.69, 9.17) is 21.1 Å². The Labute approximate surface area is 213 Å². The van der Waals surface area contributed by atoms with Crippen LogP contribution >= 0.6 is 11.6 Å². The summed E-state index contributed by atoms with van der Waals surface area (Å²) in [7, 11) is 0. The average Bonchev–Trinajstić information content (AvgIpc) is 2.84. The molecule has 0 aliphatic carbocycles. The average molecular weight is 493 g/mol. The van der Waals surface area contributed by atoms with Gasteiger partial charge in [0.2, 0.25) is 0 Å². The van der Waals surface area contributed by atoms with Crippen LogP contribution in [0, 0.1) is 6.92 Å². The standard InChI is InChI=1S/C30H33ClO4/c1-4-5-6-7-8-9-22(3)23-14-16-25(17-15-23)34-30(33)27-19-18-26(20-28(27)31)35-29(32)24-12-10-21(2)11-13-24/h10-20,22H,4-9H2,1-3H3. The van der Waals surface area contributed by atoms with E-state index in [1.165, 1.54) is 55.9 Å². The van der Waals surface area contributed by atoms with Crippen molar-refractivity contribution in [3.05, 3.63) is 94.0 Å². The Morgan fingerprint density at radius 2 is 1.43 bits per heavy atom. The Morgan fingerprint density at radius 1 is 0.800 bits per heavy atom. The molecule has 184 valence electrons. The summed E-state index contributed by atoms with van der Waals surface area (Å²) < 4.78 is 10.9. The second-order valence-corrected chi connectivity index (χ2v) is 9.37. The zero-order valence-corrected chi connectivity index (χ0v) is 21.4. The molecular weight excluding hydrogens is 460 g/mol. The Morgan fingerprint density at radius 3 is 2.09 bits per heavy atom. The lowest BCUT2D eigenvalue weighted by Gasteiger charge is -2.13. The molecule has 0 saturated heterocycles. The number of benzene rings is 3. The van der Waals surface area contributed by atoms with Gasteiger partial charge in [-0.15, -0.1) is 0 Å². The van der Waals surface area contributed by atoms with Crippen LogP contribution in [0.15, 0.2) is 66.7 Å². The Kier molecular flexibility index (Phi) is 9.92. The number of ether oxygens (including phenoxy) is 2. The SMILES string of the molecule is CCCCCCCC(C)c1ccc(OC(=O)c2ccc(OC(=O)c3ccc(C)cc3)cc2Cl)cc1. The number of unbranched alkanes of at least 4 members (excludes halogenated alkanes) is 4. The number of rotatable bonds is 11. The second kappa shape index (κ2) is 13.1. The van der Waals surface area contributed by atoms with E-state index in [9.17, 15) is 9.59 Å². The van der Waals surface area contributed by atoms with Gasteiger partial charge in [0.1, 0.15) is 11.5 Å². The molecule has 3 aromatic rings. The molecule has 4 nitrogen and oxygen atoms in total. The Hall–Kier alpha value is -3.11. The lowest BCUT2D eigenvalue weighted by atomic mass is 9.95. The number of halogens is 1. The van der Waals surface area contributed by atoms with Gasteiger partial charge in [-0.2, -0.15) is 0 Å². The number of carbonyl (C=O) groups is 2. The molecule has 0 spiro atoms. The summed E-state index contributed by atoms with van der Waals surface area (Å²) >= 11 is 6.30. The molecule has 0 radical (unpaired) electrons. The van der Waals surface area contributed by atoms with E-state index in [1.807, 2.05) is 43.3 Å². The fourth-order valence-electron chi connectivity index (χ4n) is 3.83. The molecule has 0 aromatic heterocycles. The van der Waals surface area contributed by atoms with Crippen LogP contribution in [0.4, 0.5) is 0 Å². The lowest BCUT2D eigenvalue weighted by Crippen LogP contribution is -2.11. The molecule has 0 bridgehead atoms. The third kappa shape index (κ3) is 7.97. The van der Waals surface area contributed by atoms with Crippen molar-refractivity contribution in [3.63, 3.8) is 0 Å². The van der Waals surface area contributed by atoms with E-state index in [1.54, 1.807) is 12.1 Å². The van der Waals surface area contributed by atoms with E-state index >= 15 is 0 Å². The molecule has 0 aliphatic rings. The maximum atomic E-state index is 12.7. The van der Waals surface area contributed by atoms with Crippen LogP contribution in [0.1, 0.15) is 90.1 Å². The molecule has 0 amide bonds.